The zero-order valence-electron chi connectivity index (χ0n) is 34.5. The summed E-state index contributed by atoms with van der Waals surface area (Å²) >= 11 is 0. The van der Waals surface area contributed by atoms with Gasteiger partial charge in [-0.3, -0.25) is 0 Å². The molecule has 1 aliphatic rings. The number of hydrogen-bond donors (Lipinski definition) is 0. The zero-order chi connectivity index (χ0) is 41.5. The minimum absolute atomic E-state index is 1.17. The van der Waals surface area contributed by atoms with Crippen LogP contribution in [0.2, 0.25) is 0 Å². The van der Waals surface area contributed by atoms with E-state index in [1.54, 1.807) is 0 Å². The lowest BCUT2D eigenvalue weighted by Gasteiger charge is -2.31. The van der Waals surface area contributed by atoms with Crippen molar-refractivity contribution < 1.29 is 0 Å². The molecule has 2 nitrogen and oxygen atoms in total. The molecule has 0 fully saturated rings. The molecule has 0 unspecified atom stereocenters. The van der Waals surface area contributed by atoms with Crippen LogP contribution in [-0.2, 0) is 0 Å². The number of hydrogen-bond acceptors (Lipinski definition) is 0. The first-order chi connectivity index (χ1) is 31.3. The number of aromatic nitrogens is 2. The Labute approximate surface area is 367 Å². The van der Waals surface area contributed by atoms with Crippen LogP contribution in [0.15, 0.2) is 243 Å². The summed E-state index contributed by atoms with van der Waals surface area (Å²) in [6.07, 6.45) is 0. The molecule has 0 spiro atoms. The first-order valence-electron chi connectivity index (χ1n) is 21.8. The summed E-state index contributed by atoms with van der Waals surface area (Å²) in [6.45, 7) is 0. The summed E-state index contributed by atoms with van der Waals surface area (Å²) in [5.41, 5.74) is 14.8. The quantitative estimate of drug-likeness (QED) is 0.148. The number of fused-ring (bicyclic) bond motifs is 9. The SMILES string of the molecule is c1ccc2c(c1)-c1ccccc1[Si]2(c1ccc(-c2ccc(-n3c4ccccc4c4ccccc43)cc2)cc1)c1ccc(-c2ccc(-n3c4ccccc4c4ccccc43)cc2)cc1. The number of rotatable bonds is 6. The summed E-state index contributed by atoms with van der Waals surface area (Å²) in [4.78, 5) is 0. The molecule has 0 saturated heterocycles. The van der Waals surface area contributed by atoms with Crippen molar-refractivity contribution in [3.05, 3.63) is 243 Å². The fraction of sp³-hybridized carbons (Fsp3) is 0. The molecule has 1 aliphatic heterocycles. The van der Waals surface area contributed by atoms with Crippen molar-refractivity contribution >= 4 is 72.4 Å². The van der Waals surface area contributed by atoms with Crippen LogP contribution < -0.4 is 20.7 Å². The van der Waals surface area contributed by atoms with Crippen molar-refractivity contribution in [3.8, 4) is 44.8 Å². The summed E-state index contributed by atoms with van der Waals surface area (Å²) in [7, 11) is -2.68. The molecule has 63 heavy (non-hydrogen) atoms. The molecule has 3 heteroatoms. The van der Waals surface area contributed by atoms with Crippen LogP contribution in [0.3, 0.4) is 0 Å². The molecule has 0 N–H and O–H groups in total. The van der Waals surface area contributed by atoms with Gasteiger partial charge in [0.25, 0.3) is 0 Å². The van der Waals surface area contributed by atoms with E-state index in [0.717, 1.165) is 0 Å². The minimum Gasteiger partial charge on any atom is -0.309 e. The van der Waals surface area contributed by atoms with Crippen molar-refractivity contribution in [2.75, 3.05) is 0 Å². The van der Waals surface area contributed by atoms with Gasteiger partial charge in [-0.1, -0.05) is 194 Å². The first-order valence-corrected chi connectivity index (χ1v) is 23.8. The van der Waals surface area contributed by atoms with Gasteiger partial charge in [0.2, 0.25) is 0 Å². The molecule has 12 aromatic rings. The summed E-state index contributed by atoms with van der Waals surface area (Å²) < 4.78 is 4.77. The third kappa shape index (κ3) is 5.30. The van der Waals surface area contributed by atoms with Crippen LogP contribution >= 0.6 is 0 Å². The van der Waals surface area contributed by atoms with Crippen LogP contribution in [0.5, 0.6) is 0 Å². The van der Waals surface area contributed by atoms with E-state index in [1.165, 1.54) is 109 Å². The predicted molar refractivity (Wildman–Crippen MR) is 269 cm³/mol. The lowest BCUT2D eigenvalue weighted by molar-refractivity contribution is 1.18. The average molecular weight is 817 g/mol. The zero-order valence-corrected chi connectivity index (χ0v) is 35.5. The van der Waals surface area contributed by atoms with Crippen LogP contribution in [0.4, 0.5) is 0 Å². The van der Waals surface area contributed by atoms with Gasteiger partial charge < -0.3 is 9.13 Å². The van der Waals surface area contributed by atoms with E-state index >= 15 is 0 Å². The maximum atomic E-state index is 2.42. The second-order valence-electron chi connectivity index (χ2n) is 16.8. The van der Waals surface area contributed by atoms with Gasteiger partial charge in [-0.2, -0.15) is 0 Å². The molecule has 10 aromatic carbocycles. The fourth-order valence-corrected chi connectivity index (χ4v) is 16.0. The molecule has 0 bridgehead atoms. The molecule has 0 atom stereocenters. The Bertz CT molecular complexity index is 3350. The van der Waals surface area contributed by atoms with Gasteiger partial charge in [0.05, 0.1) is 22.1 Å². The molecule has 0 aliphatic carbocycles. The Morgan fingerprint density at radius 1 is 0.238 bits per heavy atom. The number of nitrogens with zero attached hydrogens (tertiary/aromatic N) is 2. The number of para-hydroxylation sites is 4. The third-order valence-corrected chi connectivity index (χ3v) is 18.6. The Morgan fingerprint density at radius 2 is 0.508 bits per heavy atom. The average Bonchev–Trinajstić information content (AvgIpc) is 3.99. The van der Waals surface area contributed by atoms with Gasteiger partial charge in [-0.15, -0.1) is 0 Å². The summed E-state index contributed by atoms with van der Waals surface area (Å²) in [6, 6.07) is 90.3. The molecule has 294 valence electrons. The van der Waals surface area contributed by atoms with Gasteiger partial charge in [-0.05, 0) is 103 Å². The highest BCUT2D eigenvalue weighted by Crippen LogP contribution is 2.35. The van der Waals surface area contributed by atoms with E-state index in [0.29, 0.717) is 0 Å². The van der Waals surface area contributed by atoms with Gasteiger partial charge in [-0.25, -0.2) is 0 Å². The molecule has 13 rings (SSSR count). The lowest BCUT2D eigenvalue weighted by atomic mass is 10.1. The van der Waals surface area contributed by atoms with E-state index in [1.807, 2.05) is 0 Å². The minimum atomic E-state index is -2.68. The Balaban J connectivity index is 0.878. The maximum Gasteiger partial charge on any atom is 0.180 e. The standard InChI is InChI=1S/C60H40N2Si/c1-7-19-55-49(13-1)50-14-2-8-20-56(50)61(55)45-33-25-41(26-34-45)43-29-37-47(38-30-43)63(59-23-11-5-17-53(59)54-18-6-12-24-60(54)63)48-39-31-44(32-40-48)42-27-35-46(36-28-42)62-57-21-9-3-15-51(57)52-16-4-10-22-58(52)62/h1-40H. The monoisotopic (exact) mass is 816 g/mol. The second kappa shape index (κ2) is 14.0. The Morgan fingerprint density at radius 3 is 0.841 bits per heavy atom. The topological polar surface area (TPSA) is 9.86 Å². The van der Waals surface area contributed by atoms with Crippen molar-refractivity contribution in [1.82, 2.24) is 9.13 Å². The van der Waals surface area contributed by atoms with Crippen molar-refractivity contribution in [2.24, 2.45) is 0 Å². The van der Waals surface area contributed by atoms with E-state index in [9.17, 15) is 0 Å². The van der Waals surface area contributed by atoms with Crippen LogP contribution in [0, 0.1) is 0 Å². The van der Waals surface area contributed by atoms with Gasteiger partial charge in [0.1, 0.15) is 0 Å². The van der Waals surface area contributed by atoms with Crippen LogP contribution in [0.25, 0.3) is 88.4 Å². The molecule has 3 heterocycles. The van der Waals surface area contributed by atoms with E-state index in [4.69, 9.17) is 0 Å². The molecular weight excluding hydrogens is 777 g/mol. The van der Waals surface area contributed by atoms with Gasteiger partial charge in [0, 0.05) is 32.9 Å². The summed E-state index contributed by atoms with van der Waals surface area (Å²) in [5, 5.41) is 10.8. The number of benzene rings is 10. The van der Waals surface area contributed by atoms with Gasteiger partial charge in [0.15, 0.2) is 8.07 Å². The van der Waals surface area contributed by atoms with Crippen molar-refractivity contribution in [1.29, 1.82) is 0 Å². The van der Waals surface area contributed by atoms with Crippen LogP contribution in [-0.4, -0.2) is 17.2 Å². The smallest absolute Gasteiger partial charge is 0.180 e. The predicted octanol–water partition coefficient (Wildman–Crippen LogP) is 12.6. The van der Waals surface area contributed by atoms with Crippen LogP contribution in [0.1, 0.15) is 0 Å². The first kappa shape index (κ1) is 35.7. The Kier molecular flexibility index (Phi) is 7.96. The van der Waals surface area contributed by atoms with E-state index in [2.05, 4.69) is 252 Å². The second-order valence-corrected chi connectivity index (χ2v) is 20.6. The highest BCUT2D eigenvalue weighted by atomic mass is 28.3. The largest absolute Gasteiger partial charge is 0.309 e. The highest BCUT2D eigenvalue weighted by Gasteiger charge is 2.48. The molecular formula is C60H40N2Si. The third-order valence-electron chi connectivity index (χ3n) is 13.7. The Hall–Kier alpha value is -7.98. The molecule has 0 radical (unpaired) electrons. The van der Waals surface area contributed by atoms with E-state index in [-0.39, 0.29) is 0 Å². The van der Waals surface area contributed by atoms with E-state index < -0.39 is 8.07 Å². The fourth-order valence-electron chi connectivity index (χ4n) is 10.9. The van der Waals surface area contributed by atoms with Gasteiger partial charge >= 0.3 is 0 Å². The summed E-state index contributed by atoms with van der Waals surface area (Å²) in [5.74, 6) is 0. The molecule has 0 amide bonds. The normalized spacial score (nSPS) is 12.9. The van der Waals surface area contributed by atoms with Crippen molar-refractivity contribution in [2.45, 2.75) is 0 Å². The molecule has 2 aromatic heterocycles. The maximum absolute atomic E-state index is 2.68. The molecule has 0 saturated carbocycles. The lowest BCUT2D eigenvalue weighted by Crippen LogP contribution is -2.72. The van der Waals surface area contributed by atoms with Crippen molar-refractivity contribution in [3.63, 3.8) is 0 Å². The highest BCUT2D eigenvalue weighted by molar-refractivity contribution is 7.22.